The molecule has 0 aliphatic carbocycles. The van der Waals surface area contributed by atoms with Crippen LogP contribution >= 0.6 is 11.5 Å². The summed E-state index contributed by atoms with van der Waals surface area (Å²) >= 11 is 0.844. The molecule has 1 aromatic carbocycles. The summed E-state index contributed by atoms with van der Waals surface area (Å²) in [6, 6.07) is 2.11. The SMILES string of the molecule is CCC(N)C[C@@H](CNc1cc(F)c(S(=O)(=O)Nc2ncns2)cc1OC)[C@@H](C)N. The lowest BCUT2D eigenvalue weighted by molar-refractivity contribution is 0.386. The number of rotatable bonds is 11. The second-order valence-corrected chi connectivity index (χ2v) is 9.17. The van der Waals surface area contributed by atoms with Crippen LogP contribution in [0.25, 0.3) is 0 Å². The summed E-state index contributed by atoms with van der Waals surface area (Å²) in [6.07, 6.45) is 2.74. The average Bonchev–Trinajstić information content (AvgIpc) is 3.16. The first-order chi connectivity index (χ1) is 13.7. The van der Waals surface area contributed by atoms with Crippen LogP contribution in [0.15, 0.2) is 23.4 Å². The van der Waals surface area contributed by atoms with Crippen LogP contribution in [-0.2, 0) is 10.0 Å². The van der Waals surface area contributed by atoms with E-state index in [0.717, 1.165) is 30.1 Å². The largest absolute Gasteiger partial charge is 0.495 e. The summed E-state index contributed by atoms with van der Waals surface area (Å²) in [5.74, 6) is -0.680. The number of nitrogens with zero attached hydrogens (tertiary/aromatic N) is 2. The van der Waals surface area contributed by atoms with Crippen LogP contribution < -0.4 is 26.2 Å². The molecule has 1 heterocycles. The highest BCUT2D eigenvalue weighted by atomic mass is 32.2. The number of hydrogen-bond acceptors (Lipinski definition) is 9. The topological polar surface area (TPSA) is 145 Å². The number of halogens is 1. The lowest BCUT2D eigenvalue weighted by Gasteiger charge is -2.25. The number of nitrogens with one attached hydrogen (secondary N) is 2. The average molecular weight is 447 g/mol. The van der Waals surface area contributed by atoms with E-state index in [4.69, 9.17) is 16.2 Å². The highest BCUT2D eigenvalue weighted by Crippen LogP contribution is 2.31. The molecule has 0 radical (unpaired) electrons. The third-order valence-electron chi connectivity index (χ3n) is 4.55. The Balaban J connectivity index is 2.23. The van der Waals surface area contributed by atoms with Gasteiger partial charge in [-0.2, -0.15) is 4.37 Å². The maximum atomic E-state index is 14.6. The molecular formula is C17H27FN6O3S2. The fraction of sp³-hybridized carbons (Fsp3) is 0.529. The number of hydrogen-bond donors (Lipinski definition) is 4. The van der Waals surface area contributed by atoms with Gasteiger partial charge < -0.3 is 21.5 Å². The fourth-order valence-corrected chi connectivity index (χ4v) is 4.45. The standard InChI is InChI=1S/C17H27FN6O3S2/c1-4-12(20)5-11(10(2)19)8-21-14-6-13(18)16(7-15(14)27-3)29(25,26)24-17-22-9-23-28-17/h6-7,9-12,21H,4-5,8,19-20H2,1-3H3,(H,22,23,24)/t10-,11+,12?/m1/s1. The van der Waals surface area contributed by atoms with Crippen LogP contribution in [0, 0.1) is 11.7 Å². The molecule has 12 heteroatoms. The molecule has 9 nitrogen and oxygen atoms in total. The van der Waals surface area contributed by atoms with E-state index in [1.165, 1.54) is 13.4 Å². The maximum Gasteiger partial charge on any atom is 0.266 e. The van der Waals surface area contributed by atoms with E-state index in [1.54, 1.807) is 0 Å². The molecule has 0 amide bonds. The van der Waals surface area contributed by atoms with Crippen molar-refractivity contribution in [3.63, 3.8) is 0 Å². The number of sulfonamides is 1. The summed E-state index contributed by atoms with van der Waals surface area (Å²) in [6.45, 7) is 4.33. The van der Waals surface area contributed by atoms with Crippen molar-refractivity contribution in [3.05, 3.63) is 24.3 Å². The second kappa shape index (κ2) is 10.1. The van der Waals surface area contributed by atoms with Crippen LogP contribution in [0.3, 0.4) is 0 Å². The van der Waals surface area contributed by atoms with Gasteiger partial charge in [0.15, 0.2) is 0 Å². The minimum absolute atomic E-state index is 0.0189. The molecule has 29 heavy (non-hydrogen) atoms. The van der Waals surface area contributed by atoms with E-state index >= 15 is 0 Å². The minimum atomic E-state index is -4.19. The van der Waals surface area contributed by atoms with Gasteiger partial charge in [-0.15, -0.1) is 0 Å². The Morgan fingerprint density at radius 3 is 2.62 bits per heavy atom. The minimum Gasteiger partial charge on any atom is -0.495 e. The Labute approximate surface area is 174 Å². The predicted octanol–water partition coefficient (Wildman–Crippen LogP) is 1.99. The van der Waals surface area contributed by atoms with Gasteiger partial charge in [-0.25, -0.2) is 17.8 Å². The molecule has 2 rings (SSSR count). The first kappa shape index (κ1) is 23.3. The predicted molar refractivity (Wildman–Crippen MR) is 112 cm³/mol. The molecule has 3 atom stereocenters. The molecule has 0 bridgehead atoms. The first-order valence-corrected chi connectivity index (χ1v) is 11.4. The molecule has 0 aliphatic rings. The van der Waals surface area contributed by atoms with E-state index in [1.807, 2.05) is 13.8 Å². The van der Waals surface area contributed by atoms with Gasteiger partial charge in [-0.05, 0) is 25.7 Å². The highest BCUT2D eigenvalue weighted by molar-refractivity contribution is 7.93. The third kappa shape index (κ3) is 6.23. The van der Waals surface area contributed by atoms with E-state index in [9.17, 15) is 12.8 Å². The molecule has 0 fully saturated rings. The van der Waals surface area contributed by atoms with Crippen molar-refractivity contribution in [1.29, 1.82) is 0 Å². The van der Waals surface area contributed by atoms with Crippen molar-refractivity contribution in [2.75, 3.05) is 23.7 Å². The molecule has 1 unspecified atom stereocenters. The van der Waals surface area contributed by atoms with Crippen molar-refractivity contribution >= 4 is 32.4 Å². The summed E-state index contributed by atoms with van der Waals surface area (Å²) in [5, 5.41) is 3.14. The number of methoxy groups -OCH3 is 1. The van der Waals surface area contributed by atoms with Crippen molar-refractivity contribution in [3.8, 4) is 5.75 Å². The van der Waals surface area contributed by atoms with Crippen molar-refractivity contribution in [1.82, 2.24) is 9.36 Å². The zero-order valence-electron chi connectivity index (χ0n) is 16.6. The number of aromatic nitrogens is 2. The van der Waals surface area contributed by atoms with Crippen LogP contribution in [0.2, 0.25) is 0 Å². The summed E-state index contributed by atoms with van der Waals surface area (Å²) in [7, 11) is -2.81. The van der Waals surface area contributed by atoms with Gasteiger partial charge in [-0.1, -0.05) is 6.92 Å². The Bertz CT molecular complexity index is 893. The molecule has 0 aliphatic heterocycles. The lowest BCUT2D eigenvalue weighted by Crippen LogP contribution is -2.36. The van der Waals surface area contributed by atoms with Crippen molar-refractivity contribution < 1.29 is 17.5 Å². The number of benzene rings is 1. The number of nitrogens with two attached hydrogens (primary N) is 2. The zero-order chi connectivity index (χ0) is 21.6. The molecule has 6 N–H and O–H groups in total. The summed E-state index contributed by atoms with van der Waals surface area (Å²) in [5.41, 5.74) is 12.4. The normalized spacial score (nSPS) is 14.8. The zero-order valence-corrected chi connectivity index (χ0v) is 18.2. The van der Waals surface area contributed by atoms with Crippen LogP contribution in [-0.4, -0.2) is 43.5 Å². The van der Waals surface area contributed by atoms with Gasteiger partial charge in [0.2, 0.25) is 5.13 Å². The number of ether oxygens (including phenoxy) is 1. The van der Waals surface area contributed by atoms with Gasteiger partial charge in [0.1, 0.15) is 22.8 Å². The number of anilines is 2. The van der Waals surface area contributed by atoms with Crippen LogP contribution in [0.4, 0.5) is 15.2 Å². The molecule has 0 saturated carbocycles. The molecule has 0 spiro atoms. The van der Waals surface area contributed by atoms with Gasteiger partial charge in [0, 0.05) is 42.3 Å². The van der Waals surface area contributed by atoms with Gasteiger partial charge in [-0.3, -0.25) is 4.72 Å². The van der Waals surface area contributed by atoms with Crippen LogP contribution in [0.1, 0.15) is 26.7 Å². The Morgan fingerprint density at radius 1 is 1.34 bits per heavy atom. The van der Waals surface area contributed by atoms with E-state index < -0.39 is 20.7 Å². The van der Waals surface area contributed by atoms with Gasteiger partial charge in [0.05, 0.1) is 12.8 Å². The van der Waals surface area contributed by atoms with Crippen molar-refractivity contribution in [2.45, 2.75) is 43.7 Å². The molecular weight excluding hydrogens is 419 g/mol. The Kier molecular flexibility index (Phi) is 8.14. The van der Waals surface area contributed by atoms with Crippen LogP contribution in [0.5, 0.6) is 5.75 Å². The quantitative estimate of drug-likeness (QED) is 0.410. The lowest BCUT2D eigenvalue weighted by atomic mass is 9.93. The molecule has 162 valence electrons. The van der Waals surface area contributed by atoms with E-state index in [2.05, 4.69) is 19.4 Å². The molecule has 0 saturated heterocycles. The summed E-state index contributed by atoms with van der Waals surface area (Å²) < 4.78 is 50.8. The van der Waals surface area contributed by atoms with Crippen molar-refractivity contribution in [2.24, 2.45) is 17.4 Å². The third-order valence-corrected chi connectivity index (χ3v) is 6.62. The fourth-order valence-electron chi connectivity index (χ4n) is 2.72. The molecule has 2 aromatic rings. The van der Waals surface area contributed by atoms with Gasteiger partial charge >= 0.3 is 0 Å². The smallest absolute Gasteiger partial charge is 0.266 e. The van der Waals surface area contributed by atoms with E-state index in [-0.39, 0.29) is 28.9 Å². The Morgan fingerprint density at radius 2 is 2.07 bits per heavy atom. The second-order valence-electron chi connectivity index (χ2n) is 6.74. The van der Waals surface area contributed by atoms with Gasteiger partial charge in [0.25, 0.3) is 10.0 Å². The Hall–Kier alpha value is -2.02. The van der Waals surface area contributed by atoms with E-state index in [0.29, 0.717) is 18.7 Å². The maximum absolute atomic E-state index is 14.6. The first-order valence-electron chi connectivity index (χ1n) is 9.10. The highest BCUT2D eigenvalue weighted by Gasteiger charge is 2.24. The monoisotopic (exact) mass is 446 g/mol. The summed E-state index contributed by atoms with van der Waals surface area (Å²) in [4.78, 5) is 3.19. The molecule has 1 aromatic heterocycles.